The van der Waals surface area contributed by atoms with Crippen molar-refractivity contribution in [2.24, 2.45) is 5.92 Å². The number of carbonyl (C=O) groups excluding carboxylic acids is 1. The summed E-state index contributed by atoms with van der Waals surface area (Å²) in [5.74, 6) is 0.571. The summed E-state index contributed by atoms with van der Waals surface area (Å²) in [5, 5.41) is 2.85. The summed E-state index contributed by atoms with van der Waals surface area (Å²) in [4.78, 5) is 17.7. The lowest BCUT2D eigenvalue weighted by Gasteiger charge is -2.16. The number of likely N-dealkylation sites (tertiary alicyclic amines) is 1. The molecule has 0 saturated carbocycles. The van der Waals surface area contributed by atoms with E-state index in [0.29, 0.717) is 12.5 Å². The van der Waals surface area contributed by atoms with E-state index in [4.69, 9.17) is 0 Å². The molecule has 94 valence electrons. The van der Waals surface area contributed by atoms with E-state index in [1.54, 1.807) is 6.20 Å². The fourth-order valence-corrected chi connectivity index (χ4v) is 2.30. The molecule has 0 spiro atoms. The minimum Gasteiger partial charge on any atom is -0.338 e. The SMILES string of the molecule is CCNC(=O)N1CCC(Cc2cccnc2)C1.[HH]. The quantitative estimate of drug-likeness (QED) is 0.870. The minimum absolute atomic E-state index is 0. The van der Waals surface area contributed by atoms with Crippen LogP contribution in [0.25, 0.3) is 0 Å². The highest BCUT2D eigenvalue weighted by atomic mass is 16.2. The number of hydrogen-bond acceptors (Lipinski definition) is 2. The van der Waals surface area contributed by atoms with E-state index < -0.39 is 0 Å². The van der Waals surface area contributed by atoms with Crippen LogP contribution in [0, 0.1) is 5.92 Å². The highest BCUT2D eigenvalue weighted by Gasteiger charge is 2.25. The Morgan fingerprint density at radius 3 is 3.29 bits per heavy atom. The third-order valence-corrected chi connectivity index (χ3v) is 3.15. The Balaban J connectivity index is 0.00000162. The first-order valence-corrected chi connectivity index (χ1v) is 6.21. The Morgan fingerprint density at radius 2 is 2.59 bits per heavy atom. The Hall–Kier alpha value is -1.58. The normalized spacial score (nSPS) is 19.4. The highest BCUT2D eigenvalue weighted by molar-refractivity contribution is 5.74. The van der Waals surface area contributed by atoms with Gasteiger partial charge in [-0.2, -0.15) is 0 Å². The van der Waals surface area contributed by atoms with E-state index in [1.165, 1.54) is 5.56 Å². The van der Waals surface area contributed by atoms with Gasteiger partial charge in [0.05, 0.1) is 0 Å². The molecule has 1 fully saturated rings. The molecule has 1 saturated heterocycles. The predicted molar refractivity (Wildman–Crippen MR) is 68.8 cm³/mol. The molecule has 1 unspecified atom stereocenters. The first-order valence-electron chi connectivity index (χ1n) is 6.21. The topological polar surface area (TPSA) is 45.2 Å². The molecule has 1 aromatic rings. The molecule has 17 heavy (non-hydrogen) atoms. The Bertz CT molecular complexity index is 372. The van der Waals surface area contributed by atoms with Crippen LogP contribution in [-0.4, -0.2) is 35.5 Å². The number of carbonyl (C=O) groups is 1. The monoisotopic (exact) mass is 235 g/mol. The van der Waals surface area contributed by atoms with Crippen molar-refractivity contribution in [3.8, 4) is 0 Å². The number of rotatable bonds is 3. The summed E-state index contributed by atoms with van der Waals surface area (Å²) < 4.78 is 0. The van der Waals surface area contributed by atoms with Crippen molar-refractivity contribution in [3.63, 3.8) is 0 Å². The molecule has 1 aliphatic rings. The Kier molecular flexibility index (Phi) is 3.96. The van der Waals surface area contributed by atoms with E-state index in [2.05, 4.69) is 16.4 Å². The lowest BCUT2D eigenvalue weighted by atomic mass is 10.0. The zero-order valence-electron chi connectivity index (χ0n) is 10.2. The predicted octanol–water partition coefficient (Wildman–Crippen LogP) is 1.92. The minimum atomic E-state index is 0. The van der Waals surface area contributed by atoms with Gasteiger partial charge in [-0.1, -0.05) is 6.07 Å². The van der Waals surface area contributed by atoms with Crippen LogP contribution in [0.1, 0.15) is 20.3 Å². The van der Waals surface area contributed by atoms with E-state index in [1.807, 2.05) is 24.1 Å². The maximum atomic E-state index is 11.6. The smallest absolute Gasteiger partial charge is 0.317 e. The van der Waals surface area contributed by atoms with Gasteiger partial charge < -0.3 is 10.2 Å². The molecular weight excluding hydrogens is 214 g/mol. The number of nitrogens with one attached hydrogen (secondary N) is 1. The van der Waals surface area contributed by atoms with Gasteiger partial charge in [0.25, 0.3) is 0 Å². The molecule has 1 N–H and O–H groups in total. The Labute approximate surface area is 104 Å². The van der Waals surface area contributed by atoms with Gasteiger partial charge in [0.2, 0.25) is 0 Å². The van der Waals surface area contributed by atoms with Gasteiger partial charge in [0.1, 0.15) is 0 Å². The molecule has 4 heteroatoms. The van der Waals surface area contributed by atoms with Crippen molar-refractivity contribution in [1.29, 1.82) is 0 Å². The van der Waals surface area contributed by atoms with E-state index in [0.717, 1.165) is 25.9 Å². The third kappa shape index (κ3) is 3.19. The van der Waals surface area contributed by atoms with Crippen LogP contribution >= 0.6 is 0 Å². The molecule has 1 aliphatic heterocycles. The average molecular weight is 235 g/mol. The molecule has 2 heterocycles. The summed E-state index contributed by atoms with van der Waals surface area (Å²) in [6.07, 6.45) is 5.81. The maximum absolute atomic E-state index is 11.6. The van der Waals surface area contributed by atoms with E-state index in [9.17, 15) is 4.79 Å². The van der Waals surface area contributed by atoms with Crippen molar-refractivity contribution in [2.45, 2.75) is 19.8 Å². The summed E-state index contributed by atoms with van der Waals surface area (Å²) in [6.45, 7) is 4.38. The lowest BCUT2D eigenvalue weighted by Crippen LogP contribution is -2.38. The molecule has 2 amide bonds. The van der Waals surface area contributed by atoms with Crippen molar-refractivity contribution in [2.75, 3.05) is 19.6 Å². The second kappa shape index (κ2) is 5.66. The fraction of sp³-hybridized carbons (Fsp3) is 0.538. The number of nitrogens with zero attached hydrogens (tertiary/aromatic N) is 2. The van der Waals surface area contributed by atoms with Crippen LogP contribution in [0.2, 0.25) is 0 Å². The molecule has 1 atom stereocenters. The third-order valence-electron chi connectivity index (χ3n) is 3.15. The van der Waals surface area contributed by atoms with Gasteiger partial charge in [-0.15, -0.1) is 0 Å². The summed E-state index contributed by atoms with van der Waals surface area (Å²) >= 11 is 0. The summed E-state index contributed by atoms with van der Waals surface area (Å²) in [5.41, 5.74) is 1.26. The van der Waals surface area contributed by atoms with Gasteiger partial charge >= 0.3 is 6.03 Å². The lowest BCUT2D eigenvalue weighted by molar-refractivity contribution is 0.207. The molecule has 0 aromatic carbocycles. The number of amides is 2. The number of urea groups is 1. The molecular formula is C13H21N3O. The largest absolute Gasteiger partial charge is 0.338 e. The van der Waals surface area contributed by atoms with E-state index >= 15 is 0 Å². The van der Waals surface area contributed by atoms with Crippen LogP contribution in [0.5, 0.6) is 0 Å². The molecule has 0 aliphatic carbocycles. The van der Waals surface area contributed by atoms with Gasteiger partial charge in [0, 0.05) is 33.5 Å². The fourth-order valence-electron chi connectivity index (χ4n) is 2.30. The van der Waals surface area contributed by atoms with Crippen LogP contribution in [0.3, 0.4) is 0 Å². The van der Waals surface area contributed by atoms with Crippen molar-refractivity contribution >= 4 is 6.03 Å². The molecule has 1 aromatic heterocycles. The first-order chi connectivity index (χ1) is 8.29. The second-order valence-electron chi connectivity index (χ2n) is 4.50. The number of aromatic nitrogens is 1. The van der Waals surface area contributed by atoms with Gasteiger partial charge in [-0.3, -0.25) is 4.98 Å². The van der Waals surface area contributed by atoms with Crippen LogP contribution < -0.4 is 5.32 Å². The highest BCUT2D eigenvalue weighted by Crippen LogP contribution is 2.20. The summed E-state index contributed by atoms with van der Waals surface area (Å²) in [6, 6.07) is 4.13. The molecule has 4 nitrogen and oxygen atoms in total. The van der Waals surface area contributed by atoms with E-state index in [-0.39, 0.29) is 7.46 Å². The van der Waals surface area contributed by atoms with Crippen molar-refractivity contribution in [1.82, 2.24) is 15.2 Å². The maximum Gasteiger partial charge on any atom is 0.317 e. The second-order valence-corrected chi connectivity index (χ2v) is 4.50. The Morgan fingerprint density at radius 1 is 1.71 bits per heavy atom. The van der Waals surface area contributed by atoms with Crippen LogP contribution in [0.15, 0.2) is 24.5 Å². The van der Waals surface area contributed by atoms with Crippen LogP contribution in [0.4, 0.5) is 4.79 Å². The van der Waals surface area contributed by atoms with Gasteiger partial charge in [0.15, 0.2) is 0 Å². The number of pyridine rings is 1. The first kappa shape index (κ1) is 11.9. The van der Waals surface area contributed by atoms with Crippen molar-refractivity contribution < 1.29 is 6.22 Å². The zero-order chi connectivity index (χ0) is 12.1. The molecule has 2 rings (SSSR count). The molecule has 0 bridgehead atoms. The molecule has 0 radical (unpaired) electrons. The zero-order valence-corrected chi connectivity index (χ0v) is 10.2. The van der Waals surface area contributed by atoms with Crippen molar-refractivity contribution in [3.05, 3.63) is 30.1 Å². The van der Waals surface area contributed by atoms with Gasteiger partial charge in [-0.25, -0.2) is 4.79 Å². The van der Waals surface area contributed by atoms with Gasteiger partial charge in [-0.05, 0) is 37.3 Å². The summed E-state index contributed by atoms with van der Waals surface area (Å²) in [7, 11) is 0. The van der Waals surface area contributed by atoms with Crippen LogP contribution in [-0.2, 0) is 6.42 Å². The average Bonchev–Trinajstić information content (AvgIpc) is 2.79. The standard InChI is InChI=1S/C13H19N3O.H2/c1-2-15-13(17)16-7-5-12(10-16)8-11-4-3-6-14-9-11;/h3-4,6,9,12H,2,5,7-8,10H2,1H3,(H,15,17);1H. The number of hydrogen-bond donors (Lipinski definition) is 1.